The maximum Gasteiger partial charge on any atom is 0.337 e. The van der Waals surface area contributed by atoms with Gasteiger partial charge in [0.15, 0.2) is 0 Å². The number of hydrogen-bond donors (Lipinski definition) is 0. The van der Waals surface area contributed by atoms with Gasteiger partial charge in [-0.2, -0.15) is 4.99 Å². The van der Waals surface area contributed by atoms with Crippen molar-refractivity contribution in [1.29, 1.82) is 0 Å². The van der Waals surface area contributed by atoms with Crippen LogP contribution in [0.5, 0.6) is 0 Å². The first kappa shape index (κ1) is 9.41. The third-order valence-corrected chi connectivity index (χ3v) is 2.27. The SMILES string of the molecule is [C-]#[N+]C1=NCc2cc(C(=O)OC)ccc21. The van der Waals surface area contributed by atoms with E-state index >= 15 is 0 Å². The highest BCUT2D eigenvalue weighted by molar-refractivity contribution is 6.09. The molecule has 0 aliphatic carbocycles. The molecule has 0 amide bonds. The van der Waals surface area contributed by atoms with Crippen LogP contribution in [0.25, 0.3) is 4.85 Å². The van der Waals surface area contributed by atoms with Crippen LogP contribution < -0.4 is 0 Å². The highest BCUT2D eigenvalue weighted by Crippen LogP contribution is 2.21. The maximum atomic E-state index is 11.2. The molecule has 74 valence electrons. The predicted octanol–water partition coefficient (Wildman–Crippen LogP) is 1.65. The second-order valence-corrected chi connectivity index (χ2v) is 3.12. The number of fused-ring (bicyclic) bond motifs is 1. The molecule has 0 radical (unpaired) electrons. The molecule has 0 spiro atoms. The summed E-state index contributed by atoms with van der Waals surface area (Å²) >= 11 is 0. The van der Waals surface area contributed by atoms with Crippen LogP contribution in [-0.4, -0.2) is 18.9 Å². The van der Waals surface area contributed by atoms with Crippen molar-refractivity contribution in [2.75, 3.05) is 7.11 Å². The first-order valence-corrected chi connectivity index (χ1v) is 4.40. The van der Waals surface area contributed by atoms with Crippen molar-refractivity contribution < 1.29 is 9.53 Å². The van der Waals surface area contributed by atoms with Gasteiger partial charge >= 0.3 is 5.97 Å². The third kappa shape index (κ3) is 1.48. The summed E-state index contributed by atoms with van der Waals surface area (Å²) in [5.41, 5.74) is 2.22. The lowest BCUT2D eigenvalue weighted by Gasteiger charge is -2.02. The molecule has 0 saturated carbocycles. The van der Waals surface area contributed by atoms with Gasteiger partial charge in [-0.3, -0.25) is 0 Å². The minimum atomic E-state index is -0.367. The predicted molar refractivity (Wildman–Crippen MR) is 54.6 cm³/mol. The summed E-state index contributed by atoms with van der Waals surface area (Å²) in [7, 11) is 1.34. The zero-order chi connectivity index (χ0) is 10.8. The number of benzene rings is 1. The maximum absolute atomic E-state index is 11.2. The zero-order valence-electron chi connectivity index (χ0n) is 8.15. The Labute approximate surface area is 87.0 Å². The van der Waals surface area contributed by atoms with Gasteiger partial charge in [0.05, 0.1) is 12.7 Å². The van der Waals surface area contributed by atoms with E-state index in [2.05, 4.69) is 14.6 Å². The first-order valence-electron chi connectivity index (χ1n) is 4.40. The highest BCUT2D eigenvalue weighted by Gasteiger charge is 2.19. The van der Waals surface area contributed by atoms with Gasteiger partial charge in [0, 0.05) is 5.56 Å². The molecule has 0 N–H and O–H groups in total. The summed E-state index contributed by atoms with van der Waals surface area (Å²) in [6, 6.07) is 5.12. The Morgan fingerprint density at radius 2 is 2.40 bits per heavy atom. The fraction of sp³-hybridized carbons (Fsp3) is 0.182. The largest absolute Gasteiger partial charge is 0.465 e. The van der Waals surface area contributed by atoms with E-state index < -0.39 is 0 Å². The van der Waals surface area contributed by atoms with Crippen LogP contribution in [0.1, 0.15) is 21.5 Å². The van der Waals surface area contributed by atoms with Crippen LogP contribution in [0.15, 0.2) is 23.2 Å². The van der Waals surface area contributed by atoms with Gasteiger partial charge in [-0.25, -0.2) is 4.79 Å². The second kappa shape index (κ2) is 3.54. The van der Waals surface area contributed by atoms with E-state index in [0.29, 0.717) is 17.9 Å². The Morgan fingerprint density at radius 1 is 1.60 bits per heavy atom. The van der Waals surface area contributed by atoms with E-state index in [0.717, 1.165) is 11.1 Å². The van der Waals surface area contributed by atoms with Crippen LogP contribution in [0.2, 0.25) is 0 Å². The lowest BCUT2D eigenvalue weighted by atomic mass is 10.1. The summed E-state index contributed by atoms with van der Waals surface area (Å²) in [4.78, 5) is 18.6. The number of rotatable bonds is 1. The fourth-order valence-corrected chi connectivity index (χ4v) is 1.53. The van der Waals surface area contributed by atoms with E-state index in [-0.39, 0.29) is 5.97 Å². The van der Waals surface area contributed by atoms with Gasteiger partial charge < -0.3 is 9.58 Å². The smallest absolute Gasteiger partial charge is 0.337 e. The number of nitrogens with zero attached hydrogens (tertiary/aromatic N) is 2. The average Bonchev–Trinajstić information content (AvgIpc) is 2.69. The van der Waals surface area contributed by atoms with Crippen LogP contribution in [0, 0.1) is 6.57 Å². The molecule has 1 heterocycles. The van der Waals surface area contributed by atoms with E-state index in [1.165, 1.54) is 7.11 Å². The number of carbonyl (C=O) groups excluding carboxylic acids is 1. The molecule has 1 aromatic carbocycles. The summed E-state index contributed by atoms with van der Waals surface area (Å²) in [6.45, 7) is 7.38. The van der Waals surface area contributed by atoms with Gasteiger partial charge in [0.1, 0.15) is 6.54 Å². The molecule has 0 aromatic heterocycles. The number of ether oxygens (including phenoxy) is 1. The van der Waals surface area contributed by atoms with Gasteiger partial charge in [0.2, 0.25) is 0 Å². The number of esters is 1. The zero-order valence-corrected chi connectivity index (χ0v) is 8.15. The highest BCUT2D eigenvalue weighted by atomic mass is 16.5. The Morgan fingerprint density at radius 3 is 3.07 bits per heavy atom. The Hall–Kier alpha value is -2.15. The summed E-state index contributed by atoms with van der Waals surface area (Å²) in [5.74, 6) is 0.0514. The molecule has 1 aliphatic heterocycles. The lowest BCUT2D eigenvalue weighted by Crippen LogP contribution is -2.02. The molecule has 1 aliphatic rings. The molecule has 4 nitrogen and oxygen atoms in total. The molecule has 0 unspecified atom stereocenters. The molecule has 4 heteroatoms. The summed E-state index contributed by atoms with van der Waals surface area (Å²) in [6.07, 6.45) is 0. The Balaban J connectivity index is 2.41. The Bertz CT molecular complexity index is 498. The number of amidine groups is 1. The molecule has 1 aromatic rings. The first-order chi connectivity index (χ1) is 7.26. The molecule has 2 rings (SSSR count). The van der Waals surface area contributed by atoms with Crippen LogP contribution in [0.4, 0.5) is 0 Å². The van der Waals surface area contributed by atoms with Crippen molar-refractivity contribution >= 4 is 11.8 Å². The quantitative estimate of drug-likeness (QED) is 0.511. The normalized spacial score (nSPS) is 12.7. The number of aliphatic imine (C=N–C) groups is 1. The van der Waals surface area contributed by atoms with E-state index in [1.807, 2.05) is 0 Å². The second-order valence-electron chi connectivity index (χ2n) is 3.12. The van der Waals surface area contributed by atoms with E-state index in [1.54, 1.807) is 18.2 Å². The van der Waals surface area contributed by atoms with Crippen molar-refractivity contribution in [3.63, 3.8) is 0 Å². The van der Waals surface area contributed by atoms with Gasteiger partial charge in [-0.05, 0) is 17.7 Å². The molecule has 0 bridgehead atoms. The summed E-state index contributed by atoms with van der Waals surface area (Å²) < 4.78 is 4.61. The van der Waals surface area contributed by atoms with Crippen molar-refractivity contribution in [2.45, 2.75) is 6.54 Å². The molecule has 0 fully saturated rings. The lowest BCUT2D eigenvalue weighted by molar-refractivity contribution is 0.0600. The van der Waals surface area contributed by atoms with Gasteiger partial charge in [-0.15, -0.1) is 0 Å². The van der Waals surface area contributed by atoms with Gasteiger partial charge in [-0.1, -0.05) is 12.6 Å². The van der Waals surface area contributed by atoms with Gasteiger partial charge in [0.25, 0.3) is 5.84 Å². The molecular formula is C11H8N2O2. The molecule has 0 atom stereocenters. The average molecular weight is 200 g/mol. The van der Waals surface area contributed by atoms with Crippen LogP contribution in [-0.2, 0) is 11.3 Å². The molecule has 15 heavy (non-hydrogen) atoms. The summed E-state index contributed by atoms with van der Waals surface area (Å²) in [5, 5.41) is 0. The van der Waals surface area contributed by atoms with Crippen molar-refractivity contribution in [2.24, 2.45) is 4.99 Å². The van der Waals surface area contributed by atoms with E-state index in [4.69, 9.17) is 6.57 Å². The fourth-order valence-electron chi connectivity index (χ4n) is 1.53. The monoisotopic (exact) mass is 200 g/mol. The third-order valence-electron chi connectivity index (χ3n) is 2.27. The van der Waals surface area contributed by atoms with Crippen LogP contribution >= 0.6 is 0 Å². The minimum absolute atomic E-state index is 0.367. The number of hydrogen-bond acceptors (Lipinski definition) is 3. The number of carbonyl (C=O) groups is 1. The van der Waals surface area contributed by atoms with Crippen LogP contribution in [0.3, 0.4) is 0 Å². The van der Waals surface area contributed by atoms with Crippen molar-refractivity contribution in [3.8, 4) is 0 Å². The Kier molecular flexibility index (Phi) is 2.22. The van der Waals surface area contributed by atoms with Crippen molar-refractivity contribution in [3.05, 3.63) is 46.3 Å². The minimum Gasteiger partial charge on any atom is -0.465 e. The molecular weight excluding hydrogens is 192 g/mol. The topological polar surface area (TPSA) is 43.0 Å². The standard InChI is InChI=1S/C11H8N2O2/c1-12-10-9-4-3-7(11(14)15-2)5-8(9)6-13-10/h3-5H,6H2,2H3. The number of methoxy groups -OCH3 is 1. The van der Waals surface area contributed by atoms with Crippen molar-refractivity contribution in [1.82, 2.24) is 0 Å². The molecule has 0 saturated heterocycles. The van der Waals surface area contributed by atoms with E-state index in [9.17, 15) is 4.79 Å².